The number of aromatic nitrogens is 2. The van der Waals surface area contributed by atoms with Gasteiger partial charge in [0.25, 0.3) is 5.91 Å². The third kappa shape index (κ3) is 3.26. The number of carbonyl (C=O) groups excluding carboxylic acids is 2. The monoisotopic (exact) mass is 312 g/mol. The first-order chi connectivity index (χ1) is 11.0. The van der Waals surface area contributed by atoms with Crippen molar-refractivity contribution in [2.75, 3.05) is 0 Å². The van der Waals surface area contributed by atoms with Gasteiger partial charge in [-0.05, 0) is 38.5 Å². The van der Waals surface area contributed by atoms with Crippen LogP contribution in [-0.4, -0.2) is 33.7 Å². The summed E-state index contributed by atoms with van der Waals surface area (Å²) in [6.07, 6.45) is 2.93. The summed E-state index contributed by atoms with van der Waals surface area (Å²) in [4.78, 5) is 24.1. The second-order valence-corrected chi connectivity index (χ2v) is 5.89. The number of para-hydroxylation sites is 1. The van der Waals surface area contributed by atoms with Crippen molar-refractivity contribution in [1.29, 1.82) is 0 Å². The zero-order valence-electron chi connectivity index (χ0n) is 13.2. The van der Waals surface area contributed by atoms with E-state index >= 15 is 0 Å². The number of hydrogen-bond donors (Lipinski definition) is 2. The van der Waals surface area contributed by atoms with Gasteiger partial charge in [0.15, 0.2) is 0 Å². The van der Waals surface area contributed by atoms with E-state index in [0.29, 0.717) is 18.4 Å². The molecule has 2 amide bonds. The standard InChI is InChI=1S/C17H20N4O2/c1-11-9-10-21(20-11)15-6-4-3-5-13(15)17(23)19-14-7-8-16(22)18-12(14)2/h3-6,9-10,12,14H,7-8H2,1-2H3,(H,18,22)(H,19,23). The Bertz CT molecular complexity index is 738. The molecule has 2 unspecified atom stereocenters. The van der Waals surface area contributed by atoms with Gasteiger partial charge in [-0.2, -0.15) is 5.10 Å². The summed E-state index contributed by atoms with van der Waals surface area (Å²) in [5.41, 5.74) is 2.20. The first kappa shape index (κ1) is 15.3. The van der Waals surface area contributed by atoms with Gasteiger partial charge in [-0.3, -0.25) is 9.59 Å². The Labute approximate surface area is 134 Å². The summed E-state index contributed by atoms with van der Waals surface area (Å²) in [7, 11) is 0. The molecular formula is C17H20N4O2. The van der Waals surface area contributed by atoms with Crippen LogP contribution in [0.5, 0.6) is 0 Å². The topological polar surface area (TPSA) is 76.0 Å². The van der Waals surface area contributed by atoms with Crippen molar-refractivity contribution in [2.24, 2.45) is 0 Å². The fraction of sp³-hybridized carbons (Fsp3) is 0.353. The molecule has 1 fully saturated rings. The van der Waals surface area contributed by atoms with Gasteiger partial charge >= 0.3 is 0 Å². The molecule has 2 atom stereocenters. The highest BCUT2D eigenvalue weighted by molar-refractivity contribution is 5.98. The third-order valence-corrected chi connectivity index (χ3v) is 4.11. The highest BCUT2D eigenvalue weighted by Gasteiger charge is 2.27. The Morgan fingerprint density at radius 1 is 1.35 bits per heavy atom. The van der Waals surface area contributed by atoms with E-state index in [-0.39, 0.29) is 23.9 Å². The third-order valence-electron chi connectivity index (χ3n) is 4.11. The molecular weight excluding hydrogens is 292 g/mol. The Morgan fingerprint density at radius 2 is 2.13 bits per heavy atom. The molecule has 0 saturated carbocycles. The lowest BCUT2D eigenvalue weighted by Gasteiger charge is -2.30. The number of nitrogens with zero attached hydrogens (tertiary/aromatic N) is 2. The minimum Gasteiger partial charge on any atom is -0.352 e. The molecule has 0 aliphatic carbocycles. The largest absolute Gasteiger partial charge is 0.352 e. The van der Waals surface area contributed by atoms with Crippen molar-refractivity contribution in [2.45, 2.75) is 38.8 Å². The first-order valence-electron chi connectivity index (χ1n) is 7.76. The van der Waals surface area contributed by atoms with E-state index in [1.165, 1.54) is 0 Å². The molecule has 3 rings (SSSR count). The van der Waals surface area contributed by atoms with Gasteiger partial charge in [0, 0.05) is 24.7 Å². The van der Waals surface area contributed by atoms with Crippen LogP contribution in [0.4, 0.5) is 0 Å². The number of amides is 2. The average molecular weight is 312 g/mol. The zero-order valence-corrected chi connectivity index (χ0v) is 13.2. The molecule has 2 aromatic rings. The summed E-state index contributed by atoms with van der Waals surface area (Å²) in [5.74, 6) is -0.114. The van der Waals surface area contributed by atoms with Crippen LogP contribution < -0.4 is 10.6 Å². The predicted molar refractivity (Wildman–Crippen MR) is 86.4 cm³/mol. The number of nitrogens with one attached hydrogen (secondary N) is 2. The fourth-order valence-corrected chi connectivity index (χ4v) is 2.82. The van der Waals surface area contributed by atoms with E-state index in [1.807, 2.05) is 44.3 Å². The minimum atomic E-state index is -0.151. The molecule has 2 N–H and O–H groups in total. The lowest BCUT2D eigenvalue weighted by atomic mass is 9.99. The average Bonchev–Trinajstić information content (AvgIpc) is 2.96. The maximum atomic E-state index is 12.7. The number of piperidine rings is 1. The Kier molecular flexibility index (Phi) is 4.14. The first-order valence-corrected chi connectivity index (χ1v) is 7.76. The summed E-state index contributed by atoms with van der Waals surface area (Å²) >= 11 is 0. The van der Waals surface area contributed by atoms with E-state index in [0.717, 1.165) is 11.4 Å². The molecule has 23 heavy (non-hydrogen) atoms. The van der Waals surface area contributed by atoms with E-state index in [1.54, 1.807) is 10.7 Å². The molecule has 1 aromatic carbocycles. The maximum Gasteiger partial charge on any atom is 0.253 e. The minimum absolute atomic E-state index is 0.0374. The van der Waals surface area contributed by atoms with Crippen LogP contribution >= 0.6 is 0 Å². The second kappa shape index (κ2) is 6.24. The summed E-state index contributed by atoms with van der Waals surface area (Å²) in [6.45, 7) is 3.82. The van der Waals surface area contributed by atoms with Crippen LogP contribution in [0.2, 0.25) is 0 Å². The van der Waals surface area contributed by atoms with Crippen molar-refractivity contribution in [3.05, 3.63) is 47.8 Å². The fourth-order valence-electron chi connectivity index (χ4n) is 2.82. The lowest BCUT2D eigenvalue weighted by molar-refractivity contribution is -0.123. The van der Waals surface area contributed by atoms with Crippen LogP contribution in [0.1, 0.15) is 35.8 Å². The predicted octanol–water partition coefficient (Wildman–Crippen LogP) is 1.58. The van der Waals surface area contributed by atoms with E-state index < -0.39 is 0 Å². The van der Waals surface area contributed by atoms with E-state index in [9.17, 15) is 9.59 Å². The number of benzene rings is 1. The van der Waals surface area contributed by atoms with Crippen LogP contribution in [0.25, 0.3) is 5.69 Å². The van der Waals surface area contributed by atoms with E-state index in [2.05, 4.69) is 15.7 Å². The maximum absolute atomic E-state index is 12.7. The quantitative estimate of drug-likeness (QED) is 0.903. The Balaban J connectivity index is 1.82. The smallest absolute Gasteiger partial charge is 0.253 e. The molecule has 0 radical (unpaired) electrons. The molecule has 0 bridgehead atoms. The molecule has 0 spiro atoms. The van der Waals surface area contributed by atoms with Crippen molar-refractivity contribution < 1.29 is 9.59 Å². The molecule has 1 aliphatic rings. The number of carbonyl (C=O) groups is 2. The van der Waals surface area contributed by atoms with Crippen molar-refractivity contribution in [3.8, 4) is 5.69 Å². The Hall–Kier alpha value is -2.63. The summed E-state index contributed by atoms with van der Waals surface area (Å²) < 4.78 is 1.70. The van der Waals surface area contributed by atoms with Gasteiger partial charge in [-0.1, -0.05) is 12.1 Å². The molecule has 2 heterocycles. The molecule has 1 saturated heterocycles. The van der Waals surface area contributed by atoms with Gasteiger partial charge in [0.05, 0.1) is 16.9 Å². The summed E-state index contributed by atoms with van der Waals surface area (Å²) in [6, 6.07) is 9.13. The highest BCUT2D eigenvalue weighted by Crippen LogP contribution is 2.16. The second-order valence-electron chi connectivity index (χ2n) is 5.89. The molecule has 6 heteroatoms. The lowest BCUT2D eigenvalue weighted by Crippen LogP contribution is -2.54. The van der Waals surface area contributed by atoms with Gasteiger partial charge in [0.2, 0.25) is 5.91 Å². The molecule has 1 aromatic heterocycles. The van der Waals surface area contributed by atoms with Crippen LogP contribution in [0.15, 0.2) is 36.5 Å². The van der Waals surface area contributed by atoms with Crippen LogP contribution in [-0.2, 0) is 4.79 Å². The van der Waals surface area contributed by atoms with Crippen molar-refractivity contribution in [3.63, 3.8) is 0 Å². The van der Waals surface area contributed by atoms with Crippen LogP contribution in [0.3, 0.4) is 0 Å². The SMILES string of the molecule is Cc1ccn(-c2ccccc2C(=O)NC2CCC(=O)NC2C)n1. The van der Waals surface area contributed by atoms with Gasteiger partial charge in [-0.25, -0.2) is 4.68 Å². The number of rotatable bonds is 3. The number of hydrogen-bond acceptors (Lipinski definition) is 3. The van der Waals surface area contributed by atoms with Gasteiger partial charge in [0.1, 0.15) is 0 Å². The summed E-state index contributed by atoms with van der Waals surface area (Å²) in [5, 5.41) is 10.3. The molecule has 120 valence electrons. The normalized spacial score (nSPS) is 20.9. The van der Waals surface area contributed by atoms with Crippen molar-refractivity contribution >= 4 is 11.8 Å². The van der Waals surface area contributed by atoms with Crippen LogP contribution in [0, 0.1) is 6.92 Å². The van der Waals surface area contributed by atoms with E-state index in [4.69, 9.17) is 0 Å². The van der Waals surface area contributed by atoms with Gasteiger partial charge in [-0.15, -0.1) is 0 Å². The molecule has 1 aliphatic heterocycles. The van der Waals surface area contributed by atoms with Gasteiger partial charge < -0.3 is 10.6 Å². The highest BCUT2D eigenvalue weighted by atomic mass is 16.2. The Morgan fingerprint density at radius 3 is 2.83 bits per heavy atom. The van der Waals surface area contributed by atoms with Crippen molar-refractivity contribution in [1.82, 2.24) is 20.4 Å². The number of aryl methyl sites for hydroxylation is 1. The zero-order chi connectivity index (χ0) is 16.4. The molecule has 6 nitrogen and oxygen atoms in total.